The summed E-state index contributed by atoms with van der Waals surface area (Å²) in [6.45, 7) is 2.57. The van der Waals surface area contributed by atoms with Crippen molar-refractivity contribution in [1.82, 2.24) is 5.32 Å². The maximum atomic E-state index is 12.5. The zero-order chi connectivity index (χ0) is 17.6. The number of para-hydroxylation sites is 1. The number of nitrogens with one attached hydrogen (secondary N) is 2. The van der Waals surface area contributed by atoms with Gasteiger partial charge >= 0.3 is 0 Å². The van der Waals surface area contributed by atoms with Gasteiger partial charge in [-0.05, 0) is 36.8 Å². The third-order valence-corrected chi connectivity index (χ3v) is 5.19. The zero-order valence-electron chi connectivity index (χ0n) is 13.3. The first-order chi connectivity index (χ1) is 11.4. The molecule has 0 unspecified atom stereocenters. The Kier molecular flexibility index (Phi) is 6.23. The highest BCUT2D eigenvalue weighted by Crippen LogP contribution is 2.25. The van der Waals surface area contributed by atoms with Crippen molar-refractivity contribution in [3.63, 3.8) is 0 Å². The van der Waals surface area contributed by atoms with Gasteiger partial charge in [-0.15, -0.1) is 0 Å². The molecule has 0 aliphatic rings. The highest BCUT2D eigenvalue weighted by atomic mass is 35.5. The summed E-state index contributed by atoms with van der Waals surface area (Å²) in [4.78, 5) is 12.0. The minimum atomic E-state index is -3.89. The maximum absolute atomic E-state index is 12.5. The summed E-state index contributed by atoms with van der Waals surface area (Å²) >= 11 is 6.03. The molecule has 0 saturated heterocycles. The minimum absolute atomic E-state index is 0.0588. The fourth-order valence-corrected chi connectivity index (χ4v) is 3.63. The fraction of sp³-hybridized carbons (Fsp3) is 0.235. The van der Waals surface area contributed by atoms with E-state index in [2.05, 4.69) is 10.0 Å². The van der Waals surface area contributed by atoms with E-state index in [1.165, 1.54) is 18.2 Å². The van der Waals surface area contributed by atoms with Crippen LogP contribution in [0, 0.1) is 0 Å². The zero-order valence-corrected chi connectivity index (χ0v) is 14.8. The molecule has 128 valence electrons. The molecule has 1 amide bonds. The molecule has 0 saturated carbocycles. The molecule has 2 rings (SSSR count). The van der Waals surface area contributed by atoms with Crippen LogP contribution in [-0.4, -0.2) is 20.9 Å². The lowest BCUT2D eigenvalue weighted by atomic mass is 10.2. The van der Waals surface area contributed by atoms with Gasteiger partial charge in [0.05, 0.1) is 5.02 Å². The van der Waals surface area contributed by atoms with E-state index < -0.39 is 10.0 Å². The van der Waals surface area contributed by atoms with Gasteiger partial charge in [0.25, 0.3) is 15.9 Å². The summed E-state index contributed by atoms with van der Waals surface area (Å²) in [5, 5.41) is 2.81. The Morgan fingerprint density at radius 3 is 2.50 bits per heavy atom. The Balaban J connectivity index is 2.26. The van der Waals surface area contributed by atoms with E-state index in [1.807, 2.05) is 6.92 Å². The van der Waals surface area contributed by atoms with Gasteiger partial charge in [0.15, 0.2) is 0 Å². The lowest BCUT2D eigenvalue weighted by molar-refractivity contribution is 0.0953. The summed E-state index contributed by atoms with van der Waals surface area (Å²) in [7, 11) is -3.89. The molecule has 0 radical (unpaired) electrons. The molecule has 0 aliphatic carbocycles. The number of halogens is 1. The highest BCUT2D eigenvalue weighted by Gasteiger charge is 2.20. The van der Waals surface area contributed by atoms with Gasteiger partial charge in [0, 0.05) is 17.8 Å². The lowest BCUT2D eigenvalue weighted by Gasteiger charge is -2.11. The number of benzene rings is 2. The second-order valence-electron chi connectivity index (χ2n) is 5.23. The smallest absolute Gasteiger partial charge is 0.263 e. The van der Waals surface area contributed by atoms with Crippen molar-refractivity contribution < 1.29 is 13.2 Å². The van der Waals surface area contributed by atoms with Crippen LogP contribution in [0.1, 0.15) is 30.1 Å². The normalized spacial score (nSPS) is 11.1. The van der Waals surface area contributed by atoms with Crippen LogP contribution >= 0.6 is 11.6 Å². The van der Waals surface area contributed by atoms with Crippen LogP contribution in [0.2, 0.25) is 5.02 Å². The molecule has 2 aromatic rings. The molecule has 7 heteroatoms. The summed E-state index contributed by atoms with van der Waals surface area (Å²) in [5.74, 6) is -0.323. The Bertz CT molecular complexity index is 808. The van der Waals surface area contributed by atoms with E-state index in [-0.39, 0.29) is 21.4 Å². The molecule has 2 aromatic carbocycles. The van der Waals surface area contributed by atoms with Crippen LogP contribution < -0.4 is 10.0 Å². The summed E-state index contributed by atoms with van der Waals surface area (Å²) in [6.07, 6.45) is 1.82. The first-order valence-corrected chi connectivity index (χ1v) is 9.46. The average molecular weight is 367 g/mol. The van der Waals surface area contributed by atoms with Gasteiger partial charge < -0.3 is 5.32 Å². The van der Waals surface area contributed by atoms with Crippen LogP contribution in [0.5, 0.6) is 0 Å². The number of carbonyl (C=O) groups excluding carboxylic acids is 1. The van der Waals surface area contributed by atoms with Gasteiger partial charge in [-0.2, -0.15) is 0 Å². The molecule has 0 bridgehead atoms. The first kappa shape index (κ1) is 18.3. The molecule has 0 atom stereocenters. The quantitative estimate of drug-likeness (QED) is 0.734. The molecule has 2 N–H and O–H groups in total. The SMILES string of the molecule is CCCCNC(=O)c1ccc(Cl)c(S(=O)(=O)Nc2ccccc2)c1. The second-order valence-corrected chi connectivity index (χ2v) is 7.28. The number of amides is 1. The van der Waals surface area contributed by atoms with E-state index in [4.69, 9.17) is 11.6 Å². The maximum Gasteiger partial charge on any atom is 0.263 e. The standard InChI is InChI=1S/C17H19ClN2O3S/c1-2-3-11-19-17(21)13-9-10-15(18)16(12-13)24(22,23)20-14-7-5-4-6-8-14/h4-10,12,20H,2-3,11H2,1H3,(H,19,21). The molecular formula is C17H19ClN2O3S. The van der Waals surface area contributed by atoms with Crippen LogP contribution in [0.25, 0.3) is 0 Å². The average Bonchev–Trinajstić information content (AvgIpc) is 2.55. The number of anilines is 1. The van der Waals surface area contributed by atoms with E-state index in [1.54, 1.807) is 30.3 Å². The Labute approximate surface area is 147 Å². The largest absolute Gasteiger partial charge is 0.352 e. The summed E-state index contributed by atoms with van der Waals surface area (Å²) in [5.41, 5.74) is 0.676. The molecule has 0 spiro atoms. The van der Waals surface area contributed by atoms with Crippen molar-refractivity contribution in [3.8, 4) is 0 Å². The predicted octanol–water partition coefficient (Wildman–Crippen LogP) is 3.67. The number of unbranched alkanes of at least 4 members (excludes halogenated alkanes) is 1. The van der Waals surface area contributed by atoms with Crippen LogP contribution in [0.3, 0.4) is 0 Å². The van der Waals surface area contributed by atoms with Crippen LogP contribution in [0.4, 0.5) is 5.69 Å². The van der Waals surface area contributed by atoms with Crippen LogP contribution in [0.15, 0.2) is 53.4 Å². The molecule has 24 heavy (non-hydrogen) atoms. The predicted molar refractivity (Wildman–Crippen MR) is 95.9 cm³/mol. The van der Waals surface area contributed by atoms with Gasteiger partial charge in [-0.25, -0.2) is 8.42 Å². The third-order valence-electron chi connectivity index (χ3n) is 3.32. The highest BCUT2D eigenvalue weighted by molar-refractivity contribution is 7.92. The van der Waals surface area contributed by atoms with Crippen molar-refractivity contribution in [2.24, 2.45) is 0 Å². The van der Waals surface area contributed by atoms with Gasteiger partial charge in [0.2, 0.25) is 0 Å². The Morgan fingerprint density at radius 1 is 1.12 bits per heavy atom. The van der Waals surface area contributed by atoms with Crippen LogP contribution in [-0.2, 0) is 10.0 Å². The fourth-order valence-electron chi connectivity index (χ4n) is 2.05. The molecule has 0 fully saturated rings. The van der Waals surface area contributed by atoms with Crippen molar-refractivity contribution in [2.45, 2.75) is 24.7 Å². The van der Waals surface area contributed by atoms with Gasteiger partial charge in [-0.1, -0.05) is 43.1 Å². The van der Waals surface area contributed by atoms with Gasteiger partial charge in [-0.3, -0.25) is 9.52 Å². The summed E-state index contributed by atoms with van der Waals surface area (Å²) < 4.78 is 27.5. The van der Waals surface area contributed by atoms with E-state index in [0.717, 1.165) is 12.8 Å². The van der Waals surface area contributed by atoms with Crippen molar-refractivity contribution >= 4 is 33.2 Å². The molecule has 0 aromatic heterocycles. The number of sulfonamides is 1. The molecule has 5 nitrogen and oxygen atoms in total. The number of carbonyl (C=O) groups is 1. The van der Waals surface area contributed by atoms with Crippen molar-refractivity contribution in [3.05, 3.63) is 59.1 Å². The lowest BCUT2D eigenvalue weighted by Crippen LogP contribution is -2.24. The number of hydrogen-bond donors (Lipinski definition) is 2. The number of rotatable bonds is 7. The first-order valence-electron chi connectivity index (χ1n) is 7.59. The molecule has 0 heterocycles. The topological polar surface area (TPSA) is 75.3 Å². The van der Waals surface area contributed by atoms with Gasteiger partial charge in [0.1, 0.15) is 4.90 Å². The Morgan fingerprint density at radius 2 is 1.83 bits per heavy atom. The summed E-state index contributed by atoms with van der Waals surface area (Å²) in [6, 6.07) is 12.7. The second kappa shape index (κ2) is 8.17. The Hall–Kier alpha value is -2.05. The minimum Gasteiger partial charge on any atom is -0.352 e. The monoisotopic (exact) mass is 366 g/mol. The third kappa shape index (κ3) is 4.72. The van der Waals surface area contributed by atoms with Crippen molar-refractivity contribution in [2.75, 3.05) is 11.3 Å². The number of hydrogen-bond acceptors (Lipinski definition) is 3. The van der Waals surface area contributed by atoms with E-state index in [9.17, 15) is 13.2 Å². The molecular weight excluding hydrogens is 348 g/mol. The van der Waals surface area contributed by atoms with E-state index >= 15 is 0 Å². The molecule has 0 aliphatic heterocycles. The van der Waals surface area contributed by atoms with Crippen molar-refractivity contribution in [1.29, 1.82) is 0 Å². The van der Waals surface area contributed by atoms with E-state index in [0.29, 0.717) is 12.2 Å².